The van der Waals surface area contributed by atoms with E-state index in [0.29, 0.717) is 0 Å². The van der Waals surface area contributed by atoms with Gasteiger partial charge in [0.05, 0.1) is 11.0 Å². The largest absolute Gasteiger partial charge is 0.311 e. The van der Waals surface area contributed by atoms with Gasteiger partial charge in [-0.25, -0.2) is 0 Å². The van der Waals surface area contributed by atoms with Crippen LogP contribution in [0.1, 0.15) is 0 Å². The normalized spacial score (nSPS) is 11.2. The Kier molecular flexibility index (Phi) is 12.3. The molecule has 0 amide bonds. The van der Waals surface area contributed by atoms with E-state index in [1.54, 1.807) is 0 Å². The van der Waals surface area contributed by atoms with Crippen LogP contribution in [0.3, 0.4) is 0 Å². The molecule has 4 heteroatoms. The highest BCUT2D eigenvalue weighted by atomic mass is 15.2. The van der Waals surface area contributed by atoms with Gasteiger partial charge in [0.15, 0.2) is 0 Å². The van der Waals surface area contributed by atoms with Gasteiger partial charge in [0.2, 0.25) is 0 Å². The first kappa shape index (κ1) is 45.7. The molecule has 12 aromatic carbocycles. The molecule has 0 aliphatic heterocycles. The molecule has 0 fully saturated rings. The monoisotopic (exact) mass is 972 g/mol. The summed E-state index contributed by atoms with van der Waals surface area (Å²) in [4.78, 5) is 6.91. The van der Waals surface area contributed by atoms with Crippen molar-refractivity contribution in [3.8, 4) is 39.1 Å². The second-order valence-electron chi connectivity index (χ2n) is 19.0. The van der Waals surface area contributed by atoms with Gasteiger partial charge in [0.25, 0.3) is 0 Å². The van der Waals surface area contributed by atoms with Gasteiger partial charge in [0, 0.05) is 67.6 Å². The molecule has 0 N–H and O–H groups in total. The molecule has 13 rings (SSSR count). The van der Waals surface area contributed by atoms with Crippen LogP contribution in [0.15, 0.2) is 315 Å². The number of hydrogen-bond acceptors (Lipinski definition) is 3. The van der Waals surface area contributed by atoms with Gasteiger partial charge in [-0.1, -0.05) is 170 Å². The van der Waals surface area contributed by atoms with Gasteiger partial charge in [-0.15, -0.1) is 0 Å². The first-order valence-corrected chi connectivity index (χ1v) is 25.9. The predicted octanol–water partition coefficient (Wildman–Crippen LogP) is 20.2. The predicted molar refractivity (Wildman–Crippen MR) is 321 cm³/mol. The second-order valence-corrected chi connectivity index (χ2v) is 19.0. The molecule has 0 aliphatic rings. The molecule has 0 atom stereocenters. The van der Waals surface area contributed by atoms with Crippen molar-refractivity contribution in [3.63, 3.8) is 0 Å². The fourth-order valence-electron chi connectivity index (χ4n) is 10.7. The molecule has 1 aromatic heterocycles. The Hall–Kier alpha value is -10.2. The number of rotatable bonds is 13. The van der Waals surface area contributed by atoms with Crippen molar-refractivity contribution in [2.45, 2.75) is 0 Å². The van der Waals surface area contributed by atoms with E-state index in [1.807, 2.05) is 0 Å². The summed E-state index contributed by atoms with van der Waals surface area (Å²) in [5.74, 6) is 0. The third kappa shape index (κ3) is 8.95. The summed E-state index contributed by atoms with van der Waals surface area (Å²) >= 11 is 0. The van der Waals surface area contributed by atoms with Crippen LogP contribution < -0.4 is 14.7 Å². The van der Waals surface area contributed by atoms with Gasteiger partial charge >= 0.3 is 0 Å². The van der Waals surface area contributed by atoms with Crippen molar-refractivity contribution >= 4 is 73.0 Å². The summed E-state index contributed by atoms with van der Waals surface area (Å²) < 4.78 is 2.42. The highest BCUT2D eigenvalue weighted by molar-refractivity contribution is 6.11. The molecule has 1 heterocycles. The van der Waals surface area contributed by atoms with E-state index in [0.717, 1.165) is 101 Å². The van der Waals surface area contributed by atoms with Crippen LogP contribution in [0.25, 0.3) is 60.9 Å². The maximum atomic E-state index is 2.42. The van der Waals surface area contributed by atoms with E-state index >= 15 is 0 Å². The Bertz CT molecular complexity index is 3730. The smallest absolute Gasteiger partial charge is 0.0541 e. The number of hydrogen-bond donors (Lipinski definition) is 0. The van der Waals surface area contributed by atoms with E-state index in [9.17, 15) is 0 Å². The Morgan fingerprint density at radius 3 is 0.658 bits per heavy atom. The molecule has 4 nitrogen and oxygen atoms in total. The fraction of sp³-hybridized carbons (Fsp3) is 0. The summed E-state index contributed by atoms with van der Waals surface area (Å²) in [5.41, 5.74) is 20.4. The van der Waals surface area contributed by atoms with Gasteiger partial charge < -0.3 is 19.3 Å². The van der Waals surface area contributed by atoms with E-state index in [1.165, 1.54) is 10.8 Å². The third-order valence-electron chi connectivity index (χ3n) is 14.4. The lowest BCUT2D eigenvalue weighted by atomic mass is 9.99. The molecular weight excluding hydrogens is 921 g/mol. The number of anilines is 9. The van der Waals surface area contributed by atoms with E-state index in [-0.39, 0.29) is 0 Å². The molecule has 0 radical (unpaired) electrons. The Morgan fingerprint density at radius 2 is 0.395 bits per heavy atom. The standard InChI is InChI=1S/C72H52N4/c1-7-19-59(20-8-1)73(60-21-9-2-10-22-60)65-41-31-53(32-42-65)54-33-47-68(48-34-54)76-71-49-39-57(55-35-43-66(44-36-55)74(61-23-11-3-12-24-61)62-25-13-4-14-26-62)51-69(71)70-52-58(40-50-72(70)76)56-37-45-67(46-38-56)75(63-27-15-5-16-28-63)64-29-17-6-18-30-64/h1-52H. The van der Waals surface area contributed by atoms with Crippen molar-refractivity contribution in [2.24, 2.45) is 0 Å². The SMILES string of the molecule is c1ccc(N(c2ccccc2)c2ccc(-c3ccc(-n4c5ccc(-c6ccc(N(c7ccccc7)c7ccccc7)cc6)cc5c5cc(-c6ccc(N(c7ccccc7)c7ccccc7)cc6)ccc54)cc3)cc2)cc1. The summed E-state index contributed by atoms with van der Waals surface area (Å²) in [6.45, 7) is 0. The lowest BCUT2D eigenvalue weighted by molar-refractivity contribution is 1.18. The molecule has 76 heavy (non-hydrogen) atoms. The molecule has 13 aromatic rings. The topological polar surface area (TPSA) is 14.7 Å². The van der Waals surface area contributed by atoms with Crippen molar-refractivity contribution in [2.75, 3.05) is 14.7 Å². The molecule has 0 unspecified atom stereocenters. The minimum absolute atomic E-state index is 1.10. The summed E-state index contributed by atoms with van der Waals surface area (Å²) in [5, 5.41) is 2.40. The molecule has 0 aliphatic carbocycles. The van der Waals surface area contributed by atoms with Crippen LogP contribution in [0.4, 0.5) is 51.2 Å². The van der Waals surface area contributed by atoms with E-state index in [2.05, 4.69) is 335 Å². The minimum Gasteiger partial charge on any atom is -0.311 e. The van der Waals surface area contributed by atoms with Crippen LogP contribution >= 0.6 is 0 Å². The zero-order chi connectivity index (χ0) is 50.6. The van der Waals surface area contributed by atoms with Crippen molar-refractivity contribution in [1.82, 2.24) is 4.57 Å². The van der Waals surface area contributed by atoms with Gasteiger partial charge in [-0.3, -0.25) is 0 Å². The lowest BCUT2D eigenvalue weighted by Gasteiger charge is -2.25. The molecule has 0 saturated heterocycles. The first-order valence-electron chi connectivity index (χ1n) is 25.9. The van der Waals surface area contributed by atoms with Crippen LogP contribution in [-0.4, -0.2) is 4.57 Å². The number of fused-ring (bicyclic) bond motifs is 3. The highest BCUT2D eigenvalue weighted by Crippen LogP contribution is 2.42. The Morgan fingerprint density at radius 1 is 0.184 bits per heavy atom. The fourth-order valence-corrected chi connectivity index (χ4v) is 10.7. The maximum absolute atomic E-state index is 2.42. The summed E-state index contributed by atoms with van der Waals surface area (Å²) in [7, 11) is 0. The molecule has 0 saturated carbocycles. The third-order valence-corrected chi connectivity index (χ3v) is 14.4. The van der Waals surface area contributed by atoms with Crippen molar-refractivity contribution in [1.29, 1.82) is 0 Å². The van der Waals surface area contributed by atoms with Crippen LogP contribution in [0.5, 0.6) is 0 Å². The van der Waals surface area contributed by atoms with E-state index in [4.69, 9.17) is 0 Å². The minimum atomic E-state index is 1.10. The number of benzene rings is 12. The quantitative estimate of drug-likeness (QED) is 0.114. The summed E-state index contributed by atoms with van der Waals surface area (Å²) in [6.07, 6.45) is 0. The highest BCUT2D eigenvalue weighted by Gasteiger charge is 2.19. The van der Waals surface area contributed by atoms with Crippen LogP contribution in [0.2, 0.25) is 0 Å². The molecule has 0 bridgehead atoms. The first-order chi connectivity index (χ1) is 37.7. The zero-order valence-electron chi connectivity index (χ0n) is 41.8. The van der Waals surface area contributed by atoms with Gasteiger partial charge in [0.1, 0.15) is 0 Å². The van der Waals surface area contributed by atoms with Crippen LogP contribution in [0, 0.1) is 0 Å². The zero-order valence-corrected chi connectivity index (χ0v) is 41.8. The van der Waals surface area contributed by atoms with Gasteiger partial charge in [-0.05, 0) is 179 Å². The van der Waals surface area contributed by atoms with Crippen molar-refractivity contribution in [3.05, 3.63) is 315 Å². The maximum Gasteiger partial charge on any atom is 0.0541 e. The molecular formula is C72H52N4. The number of para-hydroxylation sites is 6. The molecule has 0 spiro atoms. The Balaban J connectivity index is 0.876. The number of nitrogens with zero attached hydrogens (tertiary/aromatic N) is 4. The average molecular weight is 973 g/mol. The second kappa shape index (κ2) is 20.4. The van der Waals surface area contributed by atoms with E-state index < -0.39 is 0 Å². The average Bonchev–Trinajstić information content (AvgIpc) is 3.90. The van der Waals surface area contributed by atoms with Crippen molar-refractivity contribution < 1.29 is 0 Å². The Labute approximate surface area is 444 Å². The lowest BCUT2D eigenvalue weighted by Crippen LogP contribution is -2.09. The number of aromatic nitrogens is 1. The molecule has 360 valence electrons. The van der Waals surface area contributed by atoms with Gasteiger partial charge in [-0.2, -0.15) is 0 Å². The van der Waals surface area contributed by atoms with Crippen LogP contribution in [-0.2, 0) is 0 Å². The summed E-state index contributed by atoms with van der Waals surface area (Å²) in [6, 6.07) is 113.